The zero-order valence-corrected chi connectivity index (χ0v) is 8.67. The van der Waals surface area contributed by atoms with Crippen molar-refractivity contribution >= 4 is 0 Å². The van der Waals surface area contributed by atoms with E-state index in [0.717, 1.165) is 17.1 Å². The van der Waals surface area contributed by atoms with Crippen molar-refractivity contribution in [3.8, 4) is 5.75 Å². The van der Waals surface area contributed by atoms with Crippen LogP contribution in [0.25, 0.3) is 0 Å². The monoisotopic (exact) mass is 216 g/mol. The number of aliphatic hydroxyl groups is 1. The number of hydrogen-bond donors (Lipinski definition) is 1. The van der Waals surface area contributed by atoms with Crippen LogP contribution in [0.3, 0.4) is 0 Å². The van der Waals surface area contributed by atoms with Gasteiger partial charge in [-0.15, -0.1) is 0 Å². The highest BCUT2D eigenvalue weighted by Gasteiger charge is 2.29. The summed E-state index contributed by atoms with van der Waals surface area (Å²) in [5, 5.41) is 9.66. The van der Waals surface area contributed by atoms with E-state index < -0.39 is 6.29 Å². The van der Waals surface area contributed by atoms with Gasteiger partial charge in [-0.2, -0.15) is 0 Å². The molecule has 2 atom stereocenters. The Hall–Kier alpha value is -1.74. The first kappa shape index (κ1) is 9.48. The van der Waals surface area contributed by atoms with Crippen molar-refractivity contribution in [1.82, 2.24) is 0 Å². The fourth-order valence-corrected chi connectivity index (χ4v) is 2.16. The molecule has 2 aromatic rings. The lowest BCUT2D eigenvalue weighted by Gasteiger charge is -2.28. The third-order valence-electron chi connectivity index (χ3n) is 2.88. The van der Waals surface area contributed by atoms with Crippen molar-refractivity contribution in [3.63, 3.8) is 0 Å². The Kier molecular flexibility index (Phi) is 2.18. The van der Waals surface area contributed by atoms with Gasteiger partial charge in [0.25, 0.3) is 0 Å². The molecule has 3 rings (SSSR count). The molecule has 0 spiro atoms. The van der Waals surface area contributed by atoms with Crippen molar-refractivity contribution in [3.05, 3.63) is 54.0 Å². The first-order chi connectivity index (χ1) is 7.84. The summed E-state index contributed by atoms with van der Waals surface area (Å²) in [5.41, 5.74) is 1.07. The molecule has 1 aliphatic heterocycles. The SMILES string of the molecule is OC1CC(c2ccco2)c2ccccc2O1. The van der Waals surface area contributed by atoms with Gasteiger partial charge in [0.15, 0.2) is 6.29 Å². The first-order valence-electron chi connectivity index (χ1n) is 5.31. The minimum atomic E-state index is -0.759. The molecule has 0 saturated heterocycles. The largest absolute Gasteiger partial charge is 0.469 e. The Morgan fingerprint density at radius 1 is 1.12 bits per heavy atom. The Labute approximate surface area is 93.3 Å². The van der Waals surface area contributed by atoms with Gasteiger partial charge in [0, 0.05) is 12.0 Å². The molecule has 3 heteroatoms. The maximum atomic E-state index is 9.66. The fraction of sp³-hybridized carbons (Fsp3) is 0.231. The predicted molar refractivity (Wildman–Crippen MR) is 58.2 cm³/mol. The summed E-state index contributed by atoms with van der Waals surface area (Å²) in [6, 6.07) is 11.5. The minimum Gasteiger partial charge on any atom is -0.469 e. The van der Waals surface area contributed by atoms with Gasteiger partial charge in [-0.25, -0.2) is 0 Å². The third kappa shape index (κ3) is 1.49. The van der Waals surface area contributed by atoms with Crippen LogP contribution in [0, 0.1) is 0 Å². The molecule has 2 unspecified atom stereocenters. The number of para-hydroxylation sites is 1. The van der Waals surface area contributed by atoms with E-state index in [0.29, 0.717) is 6.42 Å². The number of aliphatic hydroxyl groups excluding tert-OH is 1. The average molecular weight is 216 g/mol. The second kappa shape index (κ2) is 3.68. The van der Waals surface area contributed by atoms with Crippen molar-refractivity contribution in [2.75, 3.05) is 0 Å². The summed E-state index contributed by atoms with van der Waals surface area (Å²) in [6.07, 6.45) is 1.43. The van der Waals surface area contributed by atoms with Gasteiger partial charge in [0.2, 0.25) is 0 Å². The van der Waals surface area contributed by atoms with E-state index in [1.54, 1.807) is 6.26 Å². The smallest absolute Gasteiger partial charge is 0.198 e. The topological polar surface area (TPSA) is 42.6 Å². The Morgan fingerprint density at radius 3 is 2.81 bits per heavy atom. The predicted octanol–water partition coefficient (Wildman–Crippen LogP) is 2.51. The fourth-order valence-electron chi connectivity index (χ4n) is 2.16. The van der Waals surface area contributed by atoms with Crippen LogP contribution in [-0.4, -0.2) is 11.4 Å². The number of benzene rings is 1. The molecule has 0 fully saturated rings. The molecule has 1 aliphatic rings. The lowest BCUT2D eigenvalue weighted by Crippen LogP contribution is -2.25. The molecule has 0 amide bonds. The Bertz CT molecular complexity index is 476. The summed E-state index contributed by atoms with van der Waals surface area (Å²) >= 11 is 0. The molecule has 3 nitrogen and oxygen atoms in total. The summed E-state index contributed by atoms with van der Waals surface area (Å²) in [4.78, 5) is 0. The second-order valence-electron chi connectivity index (χ2n) is 3.91. The van der Waals surface area contributed by atoms with Gasteiger partial charge in [-0.3, -0.25) is 0 Å². The molecule has 82 valence electrons. The van der Waals surface area contributed by atoms with E-state index in [1.165, 1.54) is 0 Å². The van der Waals surface area contributed by atoms with E-state index in [-0.39, 0.29) is 5.92 Å². The number of furan rings is 1. The minimum absolute atomic E-state index is 0.0787. The average Bonchev–Trinajstić information content (AvgIpc) is 2.81. The van der Waals surface area contributed by atoms with Crippen LogP contribution in [0.5, 0.6) is 5.75 Å². The maximum absolute atomic E-state index is 9.66. The highest BCUT2D eigenvalue weighted by atomic mass is 16.6. The number of ether oxygens (including phenoxy) is 1. The highest BCUT2D eigenvalue weighted by molar-refractivity contribution is 5.41. The maximum Gasteiger partial charge on any atom is 0.198 e. The standard InChI is InChI=1S/C13H12O3/c14-13-8-10(11-6-3-7-15-11)9-4-1-2-5-12(9)16-13/h1-7,10,13-14H,8H2. The molecule has 16 heavy (non-hydrogen) atoms. The number of fused-ring (bicyclic) bond motifs is 1. The number of hydrogen-bond acceptors (Lipinski definition) is 3. The van der Waals surface area contributed by atoms with Crippen LogP contribution in [0.2, 0.25) is 0 Å². The summed E-state index contributed by atoms with van der Waals surface area (Å²) in [5.74, 6) is 1.69. The summed E-state index contributed by atoms with van der Waals surface area (Å²) in [7, 11) is 0. The lowest BCUT2D eigenvalue weighted by atomic mass is 9.90. The zero-order chi connectivity index (χ0) is 11.0. The normalized spacial score (nSPS) is 23.6. The molecule has 0 aliphatic carbocycles. The van der Waals surface area contributed by atoms with Gasteiger partial charge in [0.1, 0.15) is 11.5 Å². The molecule has 1 aromatic carbocycles. The summed E-state index contributed by atoms with van der Waals surface area (Å²) in [6.45, 7) is 0. The molecular formula is C13H12O3. The Balaban J connectivity index is 2.07. The molecule has 1 N–H and O–H groups in total. The van der Waals surface area contributed by atoms with Crippen LogP contribution in [-0.2, 0) is 0 Å². The molecular weight excluding hydrogens is 204 g/mol. The van der Waals surface area contributed by atoms with Crippen LogP contribution in [0.15, 0.2) is 47.1 Å². The summed E-state index contributed by atoms with van der Waals surface area (Å²) < 4.78 is 10.8. The van der Waals surface area contributed by atoms with Gasteiger partial charge in [-0.05, 0) is 18.2 Å². The van der Waals surface area contributed by atoms with Crippen molar-refractivity contribution in [1.29, 1.82) is 0 Å². The zero-order valence-electron chi connectivity index (χ0n) is 8.67. The van der Waals surface area contributed by atoms with Crippen LogP contribution in [0.4, 0.5) is 0 Å². The van der Waals surface area contributed by atoms with Crippen molar-refractivity contribution in [2.24, 2.45) is 0 Å². The van der Waals surface area contributed by atoms with Crippen LogP contribution in [0.1, 0.15) is 23.7 Å². The first-order valence-corrected chi connectivity index (χ1v) is 5.31. The number of rotatable bonds is 1. The molecule has 0 radical (unpaired) electrons. The van der Waals surface area contributed by atoms with E-state index in [2.05, 4.69) is 0 Å². The van der Waals surface area contributed by atoms with Gasteiger partial charge < -0.3 is 14.3 Å². The van der Waals surface area contributed by atoms with E-state index >= 15 is 0 Å². The van der Waals surface area contributed by atoms with Crippen molar-refractivity contribution < 1.29 is 14.3 Å². The second-order valence-corrected chi connectivity index (χ2v) is 3.91. The molecule has 2 heterocycles. The quantitative estimate of drug-likeness (QED) is 0.796. The highest BCUT2D eigenvalue weighted by Crippen LogP contribution is 2.39. The molecule has 1 aromatic heterocycles. The van der Waals surface area contributed by atoms with E-state index in [4.69, 9.17) is 9.15 Å². The van der Waals surface area contributed by atoms with Gasteiger partial charge >= 0.3 is 0 Å². The van der Waals surface area contributed by atoms with Crippen molar-refractivity contribution in [2.45, 2.75) is 18.6 Å². The lowest BCUT2D eigenvalue weighted by molar-refractivity contribution is -0.0373. The molecule has 0 saturated carbocycles. The van der Waals surface area contributed by atoms with Gasteiger partial charge in [0.05, 0.1) is 12.2 Å². The van der Waals surface area contributed by atoms with E-state index in [1.807, 2.05) is 36.4 Å². The van der Waals surface area contributed by atoms with Crippen LogP contribution < -0.4 is 4.74 Å². The van der Waals surface area contributed by atoms with Crippen LogP contribution >= 0.6 is 0 Å². The molecule has 0 bridgehead atoms. The van der Waals surface area contributed by atoms with Gasteiger partial charge in [-0.1, -0.05) is 18.2 Å². The third-order valence-corrected chi connectivity index (χ3v) is 2.88. The van der Waals surface area contributed by atoms with E-state index in [9.17, 15) is 5.11 Å². The Morgan fingerprint density at radius 2 is 2.00 bits per heavy atom.